The van der Waals surface area contributed by atoms with Crippen LogP contribution in [0.2, 0.25) is 0 Å². The first-order valence-corrected chi connectivity index (χ1v) is 14.9. The second-order valence-electron chi connectivity index (χ2n) is 11.4. The van der Waals surface area contributed by atoms with E-state index in [1.165, 1.54) is 64.6 Å². The van der Waals surface area contributed by atoms with E-state index < -0.39 is 0 Å². The highest BCUT2D eigenvalue weighted by atomic mass is 15.1. The number of anilines is 3. The maximum absolute atomic E-state index is 2.39. The van der Waals surface area contributed by atoms with Crippen LogP contribution in [-0.4, -0.2) is 0 Å². The lowest BCUT2D eigenvalue weighted by Gasteiger charge is -2.26. The molecule has 0 saturated carbocycles. The molecule has 43 heavy (non-hydrogen) atoms. The summed E-state index contributed by atoms with van der Waals surface area (Å²) in [5.41, 5.74) is 3.42. The maximum atomic E-state index is 2.39. The molecule has 9 rings (SSSR count). The molecule has 0 bridgehead atoms. The Bertz CT molecular complexity index is 2500. The van der Waals surface area contributed by atoms with Crippen LogP contribution in [-0.2, 0) is 0 Å². The van der Waals surface area contributed by atoms with Gasteiger partial charge in [0.2, 0.25) is 0 Å². The quantitative estimate of drug-likeness (QED) is 0.200. The molecule has 0 aliphatic rings. The lowest BCUT2D eigenvalue weighted by Crippen LogP contribution is -2.09. The standard InChI is InChI=1S/C42H27N/c1-2-10-34(11-3-1)43(35-24-22-30-15-14-28-8-4-6-12-37(28)39(30)26-35)36-25-23-31-17-19-33-21-20-32-18-16-29-9-5-7-13-38(29)41(32)42(33)40(31)27-36/h1-27H. The molecule has 0 saturated heterocycles. The molecule has 0 unspecified atom stereocenters. The van der Waals surface area contributed by atoms with Gasteiger partial charge in [0, 0.05) is 17.1 Å². The van der Waals surface area contributed by atoms with Crippen LogP contribution in [0.4, 0.5) is 17.1 Å². The highest BCUT2D eigenvalue weighted by molar-refractivity contribution is 6.27. The molecule has 9 aromatic carbocycles. The summed E-state index contributed by atoms with van der Waals surface area (Å²) in [5.74, 6) is 0. The van der Waals surface area contributed by atoms with Crippen molar-refractivity contribution >= 4 is 81.7 Å². The van der Waals surface area contributed by atoms with Gasteiger partial charge in [0.25, 0.3) is 0 Å². The number of rotatable bonds is 3. The second-order valence-corrected chi connectivity index (χ2v) is 11.4. The molecule has 0 aliphatic carbocycles. The summed E-state index contributed by atoms with van der Waals surface area (Å²) in [5, 5.41) is 15.3. The summed E-state index contributed by atoms with van der Waals surface area (Å²) < 4.78 is 0. The molecular weight excluding hydrogens is 518 g/mol. The van der Waals surface area contributed by atoms with E-state index >= 15 is 0 Å². The second kappa shape index (κ2) is 9.44. The minimum Gasteiger partial charge on any atom is -0.310 e. The molecule has 9 aromatic rings. The van der Waals surface area contributed by atoms with Crippen molar-refractivity contribution in [1.29, 1.82) is 0 Å². The average molecular weight is 546 g/mol. The predicted molar refractivity (Wildman–Crippen MR) is 186 cm³/mol. The average Bonchev–Trinajstić information content (AvgIpc) is 3.08. The van der Waals surface area contributed by atoms with Crippen LogP contribution in [0.3, 0.4) is 0 Å². The summed E-state index contributed by atoms with van der Waals surface area (Å²) in [7, 11) is 0. The fourth-order valence-electron chi connectivity index (χ4n) is 6.92. The molecule has 0 N–H and O–H groups in total. The van der Waals surface area contributed by atoms with Crippen molar-refractivity contribution in [3.8, 4) is 0 Å². The van der Waals surface area contributed by atoms with Crippen molar-refractivity contribution in [2.45, 2.75) is 0 Å². The van der Waals surface area contributed by atoms with Crippen molar-refractivity contribution in [3.63, 3.8) is 0 Å². The minimum absolute atomic E-state index is 1.14. The summed E-state index contributed by atoms with van der Waals surface area (Å²) in [6, 6.07) is 59.9. The van der Waals surface area contributed by atoms with Crippen LogP contribution in [0.1, 0.15) is 0 Å². The third kappa shape index (κ3) is 3.79. The van der Waals surface area contributed by atoms with Gasteiger partial charge in [-0.15, -0.1) is 0 Å². The number of nitrogens with zero attached hydrogens (tertiary/aromatic N) is 1. The van der Waals surface area contributed by atoms with Gasteiger partial charge in [-0.25, -0.2) is 0 Å². The third-order valence-corrected chi connectivity index (χ3v) is 8.95. The highest BCUT2D eigenvalue weighted by Gasteiger charge is 2.16. The van der Waals surface area contributed by atoms with E-state index in [-0.39, 0.29) is 0 Å². The molecule has 0 spiro atoms. The van der Waals surface area contributed by atoms with Gasteiger partial charge in [0.05, 0.1) is 0 Å². The molecular formula is C42H27N. The molecule has 0 aromatic heterocycles. The first-order valence-electron chi connectivity index (χ1n) is 14.9. The lowest BCUT2D eigenvalue weighted by molar-refractivity contribution is 1.30. The Labute approximate surface area is 249 Å². The zero-order valence-electron chi connectivity index (χ0n) is 23.5. The topological polar surface area (TPSA) is 3.24 Å². The number of benzene rings is 9. The molecule has 0 heterocycles. The van der Waals surface area contributed by atoms with E-state index in [2.05, 4.69) is 169 Å². The van der Waals surface area contributed by atoms with E-state index in [0.29, 0.717) is 0 Å². The van der Waals surface area contributed by atoms with Gasteiger partial charge in [0.1, 0.15) is 0 Å². The number of fused-ring (bicyclic) bond motifs is 10. The Hall–Kier alpha value is -5.66. The highest BCUT2D eigenvalue weighted by Crippen LogP contribution is 2.42. The summed E-state index contributed by atoms with van der Waals surface area (Å²) in [6.07, 6.45) is 0. The van der Waals surface area contributed by atoms with E-state index in [9.17, 15) is 0 Å². The van der Waals surface area contributed by atoms with Gasteiger partial charge < -0.3 is 4.90 Å². The maximum Gasteiger partial charge on any atom is 0.0468 e. The predicted octanol–water partition coefficient (Wildman–Crippen LogP) is 12.1. The molecule has 0 radical (unpaired) electrons. The number of hydrogen-bond donors (Lipinski definition) is 0. The van der Waals surface area contributed by atoms with Gasteiger partial charge in [-0.05, 0) is 101 Å². The van der Waals surface area contributed by atoms with Gasteiger partial charge in [-0.3, -0.25) is 0 Å². The van der Waals surface area contributed by atoms with Gasteiger partial charge in [-0.2, -0.15) is 0 Å². The van der Waals surface area contributed by atoms with E-state index in [1.54, 1.807) is 0 Å². The Morgan fingerprint density at radius 3 is 1.33 bits per heavy atom. The fourth-order valence-corrected chi connectivity index (χ4v) is 6.92. The van der Waals surface area contributed by atoms with E-state index in [0.717, 1.165) is 17.1 Å². The van der Waals surface area contributed by atoms with Crippen LogP contribution in [0.15, 0.2) is 164 Å². The molecule has 1 nitrogen and oxygen atoms in total. The lowest BCUT2D eigenvalue weighted by atomic mass is 9.92. The number of para-hydroxylation sites is 1. The molecule has 200 valence electrons. The smallest absolute Gasteiger partial charge is 0.0468 e. The first kappa shape index (κ1) is 24.0. The zero-order chi connectivity index (χ0) is 28.3. The Morgan fingerprint density at radius 1 is 0.256 bits per heavy atom. The Kier molecular flexibility index (Phi) is 5.27. The van der Waals surface area contributed by atoms with Crippen LogP contribution in [0, 0.1) is 0 Å². The van der Waals surface area contributed by atoms with Crippen LogP contribution in [0.25, 0.3) is 64.6 Å². The van der Waals surface area contributed by atoms with Crippen molar-refractivity contribution in [1.82, 2.24) is 0 Å². The minimum atomic E-state index is 1.14. The summed E-state index contributed by atoms with van der Waals surface area (Å²) in [4.78, 5) is 2.39. The van der Waals surface area contributed by atoms with Crippen LogP contribution >= 0.6 is 0 Å². The Morgan fingerprint density at radius 2 is 0.674 bits per heavy atom. The number of hydrogen-bond acceptors (Lipinski definition) is 1. The van der Waals surface area contributed by atoms with Crippen molar-refractivity contribution in [3.05, 3.63) is 164 Å². The van der Waals surface area contributed by atoms with Crippen LogP contribution in [0.5, 0.6) is 0 Å². The largest absolute Gasteiger partial charge is 0.310 e. The Balaban J connectivity index is 1.35. The summed E-state index contributed by atoms with van der Waals surface area (Å²) in [6.45, 7) is 0. The molecule has 0 fully saturated rings. The third-order valence-electron chi connectivity index (χ3n) is 8.95. The molecule has 0 atom stereocenters. The van der Waals surface area contributed by atoms with E-state index in [1.807, 2.05) is 0 Å². The monoisotopic (exact) mass is 545 g/mol. The molecule has 0 aliphatic heterocycles. The SMILES string of the molecule is c1ccc(N(c2ccc3ccc4ccccc4c3c2)c2ccc3ccc4ccc5ccc6ccccc6c5c4c3c2)cc1. The zero-order valence-corrected chi connectivity index (χ0v) is 23.5. The van der Waals surface area contributed by atoms with E-state index in [4.69, 9.17) is 0 Å². The first-order chi connectivity index (χ1) is 21.3. The normalized spacial score (nSPS) is 11.7. The van der Waals surface area contributed by atoms with Gasteiger partial charge in [-0.1, -0.05) is 127 Å². The molecule has 1 heteroatoms. The van der Waals surface area contributed by atoms with Gasteiger partial charge in [0.15, 0.2) is 0 Å². The van der Waals surface area contributed by atoms with Crippen molar-refractivity contribution in [2.75, 3.05) is 4.90 Å². The summed E-state index contributed by atoms with van der Waals surface area (Å²) >= 11 is 0. The van der Waals surface area contributed by atoms with Crippen molar-refractivity contribution in [2.24, 2.45) is 0 Å². The van der Waals surface area contributed by atoms with Crippen molar-refractivity contribution < 1.29 is 0 Å². The van der Waals surface area contributed by atoms with Gasteiger partial charge >= 0.3 is 0 Å². The molecule has 0 amide bonds. The van der Waals surface area contributed by atoms with Crippen LogP contribution < -0.4 is 4.90 Å². The fraction of sp³-hybridized carbons (Fsp3) is 0.